The summed E-state index contributed by atoms with van der Waals surface area (Å²) >= 11 is 1.68. The third kappa shape index (κ3) is 3.11. The minimum Gasteiger partial charge on any atom is -0.491 e. The van der Waals surface area contributed by atoms with Crippen LogP contribution in [0.3, 0.4) is 0 Å². The summed E-state index contributed by atoms with van der Waals surface area (Å²) in [4.78, 5) is 7.11. The Morgan fingerprint density at radius 2 is 2.19 bits per heavy atom. The van der Waals surface area contributed by atoms with Gasteiger partial charge < -0.3 is 4.74 Å². The maximum absolute atomic E-state index is 6.08. The van der Waals surface area contributed by atoms with Crippen LogP contribution in [0.15, 0.2) is 29.6 Å². The summed E-state index contributed by atoms with van der Waals surface area (Å²) in [5.41, 5.74) is 2.13. The second-order valence-electron chi connectivity index (χ2n) is 6.11. The van der Waals surface area contributed by atoms with Gasteiger partial charge in [-0.25, -0.2) is 4.98 Å². The van der Waals surface area contributed by atoms with Gasteiger partial charge in [0, 0.05) is 24.0 Å². The zero-order chi connectivity index (χ0) is 14.2. The number of thiazole rings is 1. The van der Waals surface area contributed by atoms with E-state index in [4.69, 9.17) is 4.74 Å². The lowest BCUT2D eigenvalue weighted by Gasteiger charge is -2.10. The summed E-state index contributed by atoms with van der Waals surface area (Å²) in [7, 11) is 0. The van der Waals surface area contributed by atoms with Crippen LogP contribution in [0.2, 0.25) is 0 Å². The van der Waals surface area contributed by atoms with Gasteiger partial charge in [0.1, 0.15) is 12.4 Å². The van der Waals surface area contributed by atoms with Gasteiger partial charge in [0.25, 0.3) is 0 Å². The Kier molecular flexibility index (Phi) is 3.43. The van der Waals surface area contributed by atoms with E-state index in [9.17, 15) is 0 Å². The fourth-order valence-electron chi connectivity index (χ4n) is 2.71. The summed E-state index contributed by atoms with van der Waals surface area (Å²) in [6.07, 6.45) is 2.85. The van der Waals surface area contributed by atoms with Crippen molar-refractivity contribution >= 4 is 11.3 Å². The Morgan fingerprint density at radius 1 is 1.33 bits per heavy atom. The molecule has 2 unspecified atom stereocenters. The third-order valence-corrected chi connectivity index (χ3v) is 5.00. The fraction of sp³-hybridized carbons (Fsp3) is 0.471. The van der Waals surface area contributed by atoms with Crippen molar-refractivity contribution in [3.05, 3.63) is 34.7 Å². The molecule has 1 aliphatic heterocycles. The first-order valence-electron chi connectivity index (χ1n) is 7.68. The molecule has 0 radical (unpaired) electrons. The fourth-order valence-corrected chi connectivity index (χ4v) is 3.33. The zero-order valence-electron chi connectivity index (χ0n) is 12.3. The third-order valence-electron chi connectivity index (χ3n) is 4.23. The minimum absolute atomic E-state index is 0.621. The van der Waals surface area contributed by atoms with Gasteiger partial charge in [0.2, 0.25) is 0 Å². The molecule has 0 N–H and O–H groups in total. The highest BCUT2D eigenvalue weighted by Gasteiger charge is 2.38. The smallest absolute Gasteiger partial charge is 0.128 e. The molecule has 0 amide bonds. The van der Waals surface area contributed by atoms with Crippen LogP contribution in [0, 0.1) is 12.8 Å². The van der Waals surface area contributed by atoms with Crippen molar-refractivity contribution in [1.29, 1.82) is 0 Å². The number of hydrogen-bond donors (Lipinski definition) is 0. The molecule has 4 rings (SSSR count). The molecule has 1 aliphatic carbocycles. The van der Waals surface area contributed by atoms with Gasteiger partial charge >= 0.3 is 0 Å². The summed E-state index contributed by atoms with van der Waals surface area (Å²) in [6.45, 7) is 5.32. The monoisotopic (exact) mass is 300 g/mol. The van der Waals surface area contributed by atoms with Crippen LogP contribution in [0.4, 0.5) is 0 Å². The molecule has 1 saturated carbocycles. The highest BCUT2D eigenvalue weighted by molar-refractivity contribution is 7.09. The SMILES string of the molecule is Cc1nc(-c2ccccc2OCC2CN2CC2CC2)cs1. The molecule has 0 spiro atoms. The average molecular weight is 300 g/mol. The Labute approximate surface area is 129 Å². The van der Waals surface area contributed by atoms with Crippen LogP contribution >= 0.6 is 11.3 Å². The van der Waals surface area contributed by atoms with Crippen molar-refractivity contribution in [3.8, 4) is 17.0 Å². The Morgan fingerprint density at radius 3 is 2.95 bits per heavy atom. The van der Waals surface area contributed by atoms with Gasteiger partial charge in [-0.2, -0.15) is 0 Å². The number of benzene rings is 1. The summed E-state index contributed by atoms with van der Waals surface area (Å²) in [5, 5.41) is 3.20. The van der Waals surface area contributed by atoms with Gasteiger partial charge in [-0.3, -0.25) is 4.90 Å². The maximum Gasteiger partial charge on any atom is 0.128 e. The van der Waals surface area contributed by atoms with Crippen LogP contribution < -0.4 is 4.74 Å². The van der Waals surface area contributed by atoms with Crippen LogP contribution in [0.1, 0.15) is 17.8 Å². The highest BCUT2D eigenvalue weighted by atomic mass is 32.1. The first-order valence-corrected chi connectivity index (χ1v) is 8.56. The Hall–Kier alpha value is -1.39. The predicted octanol–water partition coefficient (Wildman–Crippen LogP) is 3.59. The van der Waals surface area contributed by atoms with Gasteiger partial charge in [-0.05, 0) is 37.8 Å². The van der Waals surface area contributed by atoms with E-state index >= 15 is 0 Å². The average Bonchev–Trinajstić information content (AvgIpc) is 3.41. The molecule has 2 atom stereocenters. The van der Waals surface area contributed by atoms with E-state index in [1.54, 1.807) is 11.3 Å². The zero-order valence-corrected chi connectivity index (χ0v) is 13.1. The molecule has 3 nitrogen and oxygen atoms in total. The van der Waals surface area contributed by atoms with Crippen LogP contribution in [-0.4, -0.2) is 35.6 Å². The van der Waals surface area contributed by atoms with Crippen LogP contribution in [-0.2, 0) is 0 Å². The van der Waals surface area contributed by atoms with Crippen molar-refractivity contribution in [2.75, 3.05) is 19.7 Å². The molecule has 2 aliphatic rings. The van der Waals surface area contributed by atoms with Crippen molar-refractivity contribution in [2.45, 2.75) is 25.8 Å². The second-order valence-corrected chi connectivity index (χ2v) is 7.17. The Balaban J connectivity index is 1.41. The van der Waals surface area contributed by atoms with E-state index in [0.717, 1.165) is 34.5 Å². The minimum atomic E-state index is 0.621. The molecule has 110 valence electrons. The lowest BCUT2D eigenvalue weighted by molar-refractivity contribution is 0.293. The van der Waals surface area contributed by atoms with Crippen molar-refractivity contribution in [1.82, 2.24) is 9.88 Å². The standard InChI is InChI=1S/C17H20N2OS/c1-12-18-16(11-21-12)15-4-2-3-5-17(15)20-10-14-9-19(14)8-13-6-7-13/h2-5,11,13-14H,6-10H2,1H3. The quantitative estimate of drug-likeness (QED) is 0.762. The van der Waals surface area contributed by atoms with Crippen molar-refractivity contribution in [2.24, 2.45) is 5.92 Å². The molecule has 4 heteroatoms. The number of aromatic nitrogens is 1. The van der Waals surface area contributed by atoms with Gasteiger partial charge in [0.15, 0.2) is 0 Å². The van der Waals surface area contributed by atoms with E-state index in [0.29, 0.717) is 6.04 Å². The van der Waals surface area contributed by atoms with Gasteiger partial charge in [-0.1, -0.05) is 12.1 Å². The second kappa shape index (κ2) is 5.43. The molecule has 21 heavy (non-hydrogen) atoms. The molecular weight excluding hydrogens is 280 g/mol. The van der Waals surface area contributed by atoms with Crippen LogP contribution in [0.25, 0.3) is 11.3 Å². The molecule has 2 aromatic rings. The molecule has 2 fully saturated rings. The highest BCUT2D eigenvalue weighted by Crippen LogP contribution is 2.35. The van der Waals surface area contributed by atoms with Crippen LogP contribution in [0.5, 0.6) is 5.75 Å². The largest absolute Gasteiger partial charge is 0.491 e. The van der Waals surface area contributed by atoms with Gasteiger partial charge in [0.05, 0.1) is 16.7 Å². The lowest BCUT2D eigenvalue weighted by Crippen LogP contribution is -2.13. The maximum atomic E-state index is 6.08. The van der Waals surface area contributed by atoms with E-state index in [2.05, 4.69) is 27.4 Å². The number of aryl methyl sites for hydroxylation is 1. The molecular formula is C17H20N2OS. The van der Waals surface area contributed by atoms with E-state index < -0.39 is 0 Å². The van der Waals surface area contributed by atoms with Gasteiger partial charge in [-0.15, -0.1) is 11.3 Å². The van der Waals surface area contributed by atoms with E-state index in [-0.39, 0.29) is 0 Å². The Bertz CT molecular complexity index is 635. The number of rotatable bonds is 6. The summed E-state index contributed by atoms with van der Waals surface area (Å²) < 4.78 is 6.08. The summed E-state index contributed by atoms with van der Waals surface area (Å²) in [5.74, 6) is 1.93. The normalized spacial score (nSPS) is 24.0. The lowest BCUT2D eigenvalue weighted by atomic mass is 10.1. The number of nitrogens with zero attached hydrogens (tertiary/aromatic N) is 2. The number of para-hydroxylation sites is 1. The molecule has 2 heterocycles. The molecule has 0 bridgehead atoms. The number of ether oxygens (including phenoxy) is 1. The van der Waals surface area contributed by atoms with E-state index in [1.165, 1.54) is 25.9 Å². The van der Waals surface area contributed by atoms with E-state index in [1.807, 2.05) is 19.1 Å². The molecule has 1 saturated heterocycles. The van der Waals surface area contributed by atoms with Crippen molar-refractivity contribution in [3.63, 3.8) is 0 Å². The number of hydrogen-bond acceptors (Lipinski definition) is 4. The first-order chi connectivity index (χ1) is 10.3. The van der Waals surface area contributed by atoms with Crippen molar-refractivity contribution < 1.29 is 4.74 Å². The predicted molar refractivity (Wildman–Crippen MR) is 85.9 cm³/mol. The molecule has 1 aromatic carbocycles. The first kappa shape index (κ1) is 13.3. The summed E-state index contributed by atoms with van der Waals surface area (Å²) in [6, 6.07) is 8.85. The topological polar surface area (TPSA) is 25.1 Å². The molecule has 1 aromatic heterocycles.